The van der Waals surface area contributed by atoms with Gasteiger partial charge in [-0.2, -0.15) is 0 Å². The zero-order valence-electron chi connectivity index (χ0n) is 10.7. The fraction of sp³-hybridized carbons (Fsp3) is 0.727. The SMILES string of the molecule is CC1C=C[N+](C)(CC(=O)O)C(N(C)C)N1C. The van der Waals surface area contributed by atoms with E-state index in [2.05, 4.69) is 22.8 Å². The van der Waals surface area contributed by atoms with Crippen LogP contribution >= 0.6 is 0 Å². The third-order valence-electron chi connectivity index (χ3n) is 3.18. The van der Waals surface area contributed by atoms with Crippen molar-refractivity contribution < 1.29 is 14.4 Å². The lowest BCUT2D eigenvalue weighted by atomic mass is 10.2. The molecule has 1 heterocycles. The van der Waals surface area contributed by atoms with Crippen molar-refractivity contribution in [3.8, 4) is 0 Å². The van der Waals surface area contributed by atoms with Crippen LogP contribution in [0.3, 0.4) is 0 Å². The van der Waals surface area contributed by atoms with E-state index in [4.69, 9.17) is 5.11 Å². The Morgan fingerprint density at radius 3 is 2.56 bits per heavy atom. The van der Waals surface area contributed by atoms with Gasteiger partial charge in [0.2, 0.25) is 6.29 Å². The van der Waals surface area contributed by atoms with Crippen LogP contribution in [0, 0.1) is 0 Å². The Balaban J connectivity index is 3.04. The van der Waals surface area contributed by atoms with Gasteiger partial charge in [0.1, 0.15) is 0 Å². The van der Waals surface area contributed by atoms with Gasteiger partial charge in [-0.1, -0.05) is 0 Å². The topological polar surface area (TPSA) is 43.8 Å². The lowest BCUT2D eigenvalue weighted by Crippen LogP contribution is -2.66. The molecule has 0 radical (unpaired) electrons. The summed E-state index contributed by atoms with van der Waals surface area (Å²) in [5.41, 5.74) is 0. The van der Waals surface area contributed by atoms with Crippen LogP contribution in [0.4, 0.5) is 0 Å². The highest BCUT2D eigenvalue weighted by Gasteiger charge is 2.42. The molecule has 0 aromatic rings. The number of carbonyl (C=O) groups is 1. The highest BCUT2D eigenvalue weighted by atomic mass is 16.4. The molecule has 0 saturated carbocycles. The number of aliphatic carboxylic acids is 1. The Bertz CT molecular complexity index is 304. The molecule has 1 rings (SSSR count). The number of hydrogen-bond acceptors (Lipinski definition) is 3. The molecule has 1 aliphatic rings. The van der Waals surface area contributed by atoms with Gasteiger partial charge in [0.05, 0.1) is 13.2 Å². The predicted octanol–water partition coefficient (Wildman–Crippen LogP) is 0.210. The second-order valence-electron chi connectivity index (χ2n) is 4.96. The minimum absolute atomic E-state index is 0.0519. The van der Waals surface area contributed by atoms with E-state index in [1.165, 1.54) is 0 Å². The van der Waals surface area contributed by atoms with Crippen molar-refractivity contribution in [3.63, 3.8) is 0 Å². The summed E-state index contributed by atoms with van der Waals surface area (Å²) in [4.78, 5) is 15.2. The number of rotatable bonds is 3. The highest BCUT2D eigenvalue weighted by molar-refractivity contribution is 5.68. The van der Waals surface area contributed by atoms with Crippen LogP contribution in [-0.4, -0.2) is 72.4 Å². The summed E-state index contributed by atoms with van der Waals surface area (Å²) < 4.78 is 0.378. The van der Waals surface area contributed by atoms with Crippen molar-refractivity contribution in [1.29, 1.82) is 0 Å². The molecule has 92 valence electrons. The lowest BCUT2D eigenvalue weighted by molar-refractivity contribution is -0.906. The Morgan fingerprint density at radius 2 is 2.12 bits per heavy atom. The number of quaternary nitrogens is 1. The second kappa shape index (κ2) is 4.53. The van der Waals surface area contributed by atoms with Crippen LogP contribution in [-0.2, 0) is 4.79 Å². The van der Waals surface area contributed by atoms with Crippen LogP contribution in [0.2, 0.25) is 0 Å². The molecule has 0 aromatic carbocycles. The Kier molecular flexibility index (Phi) is 3.72. The highest BCUT2D eigenvalue weighted by Crippen LogP contribution is 2.23. The molecule has 1 aliphatic heterocycles. The minimum atomic E-state index is -0.776. The van der Waals surface area contributed by atoms with Gasteiger partial charge >= 0.3 is 5.97 Å². The number of carboxylic acids is 1. The van der Waals surface area contributed by atoms with Crippen LogP contribution in [0.15, 0.2) is 12.3 Å². The average Bonchev–Trinajstić information content (AvgIpc) is 2.10. The van der Waals surface area contributed by atoms with Gasteiger partial charge in [0, 0.05) is 6.04 Å². The molecule has 3 unspecified atom stereocenters. The number of nitrogens with zero attached hydrogens (tertiary/aromatic N) is 3. The van der Waals surface area contributed by atoms with E-state index in [1.807, 2.05) is 34.4 Å². The van der Waals surface area contributed by atoms with Gasteiger partial charge in [-0.15, -0.1) is 0 Å². The van der Waals surface area contributed by atoms with Gasteiger partial charge in [-0.05, 0) is 34.1 Å². The molecule has 0 amide bonds. The largest absolute Gasteiger partial charge is 0.477 e. The lowest BCUT2D eigenvalue weighted by Gasteiger charge is -2.48. The molecule has 0 aromatic heterocycles. The molecule has 16 heavy (non-hydrogen) atoms. The molecule has 3 atom stereocenters. The first-order valence-electron chi connectivity index (χ1n) is 5.42. The Morgan fingerprint density at radius 1 is 1.56 bits per heavy atom. The second-order valence-corrected chi connectivity index (χ2v) is 4.96. The van der Waals surface area contributed by atoms with Gasteiger partial charge in [0.25, 0.3) is 0 Å². The maximum atomic E-state index is 10.9. The quantitative estimate of drug-likeness (QED) is 0.701. The average molecular weight is 228 g/mol. The van der Waals surface area contributed by atoms with Crippen molar-refractivity contribution in [1.82, 2.24) is 9.80 Å². The maximum Gasteiger partial charge on any atom is 0.359 e. The summed E-state index contributed by atoms with van der Waals surface area (Å²) in [6.45, 7) is 2.20. The van der Waals surface area contributed by atoms with E-state index in [0.29, 0.717) is 10.5 Å². The first kappa shape index (κ1) is 13.2. The van der Waals surface area contributed by atoms with Gasteiger partial charge in [0.15, 0.2) is 6.54 Å². The third-order valence-corrected chi connectivity index (χ3v) is 3.18. The molecule has 5 nitrogen and oxygen atoms in total. The molecular weight excluding hydrogens is 206 g/mol. The van der Waals surface area contributed by atoms with Gasteiger partial charge in [-0.3, -0.25) is 4.48 Å². The van der Waals surface area contributed by atoms with E-state index >= 15 is 0 Å². The molecule has 1 N–H and O–H groups in total. The van der Waals surface area contributed by atoms with Gasteiger partial charge in [-0.25, -0.2) is 14.6 Å². The van der Waals surface area contributed by atoms with Crippen molar-refractivity contribution in [2.45, 2.75) is 19.3 Å². The number of likely N-dealkylation sites (N-methyl/N-ethyl adjacent to an activating group) is 2. The zero-order valence-corrected chi connectivity index (χ0v) is 10.7. The molecule has 0 saturated heterocycles. The fourth-order valence-electron chi connectivity index (χ4n) is 2.48. The Labute approximate surface area is 97.1 Å². The summed E-state index contributed by atoms with van der Waals surface area (Å²) in [5, 5.41) is 9.00. The van der Waals surface area contributed by atoms with Crippen molar-refractivity contribution in [2.24, 2.45) is 0 Å². The fourth-order valence-corrected chi connectivity index (χ4v) is 2.48. The Hall–Kier alpha value is -0.910. The summed E-state index contributed by atoms with van der Waals surface area (Å²) >= 11 is 0. The van der Waals surface area contributed by atoms with Crippen molar-refractivity contribution in [3.05, 3.63) is 12.3 Å². The summed E-state index contributed by atoms with van der Waals surface area (Å²) in [7, 11) is 7.92. The van der Waals surface area contributed by atoms with Crippen LogP contribution in [0.25, 0.3) is 0 Å². The normalized spacial score (nSPS) is 35.6. The van der Waals surface area contributed by atoms with Crippen LogP contribution in [0.5, 0.6) is 0 Å². The van der Waals surface area contributed by atoms with E-state index in [0.717, 1.165) is 0 Å². The molecule has 0 spiro atoms. The molecular formula is C11H22N3O2+. The van der Waals surface area contributed by atoms with E-state index in [9.17, 15) is 4.79 Å². The van der Waals surface area contributed by atoms with Gasteiger partial charge < -0.3 is 5.11 Å². The zero-order chi connectivity index (χ0) is 12.5. The smallest absolute Gasteiger partial charge is 0.359 e. The monoisotopic (exact) mass is 228 g/mol. The van der Waals surface area contributed by atoms with E-state index in [-0.39, 0.29) is 12.8 Å². The van der Waals surface area contributed by atoms with Crippen molar-refractivity contribution >= 4 is 5.97 Å². The third kappa shape index (κ3) is 2.42. The van der Waals surface area contributed by atoms with E-state index in [1.54, 1.807) is 0 Å². The summed E-state index contributed by atoms with van der Waals surface area (Å²) in [5.74, 6) is -0.776. The van der Waals surface area contributed by atoms with Crippen LogP contribution < -0.4 is 0 Å². The first-order valence-corrected chi connectivity index (χ1v) is 5.42. The van der Waals surface area contributed by atoms with Crippen LogP contribution in [0.1, 0.15) is 6.92 Å². The van der Waals surface area contributed by atoms with E-state index < -0.39 is 5.97 Å². The summed E-state index contributed by atoms with van der Waals surface area (Å²) in [6, 6.07) is 0.326. The number of hydrogen-bond donors (Lipinski definition) is 1. The molecule has 5 heteroatoms. The van der Waals surface area contributed by atoms with Crippen molar-refractivity contribution in [2.75, 3.05) is 34.7 Å². The molecule has 0 bridgehead atoms. The molecule has 0 fully saturated rings. The predicted molar refractivity (Wildman–Crippen MR) is 62.5 cm³/mol. The summed E-state index contributed by atoms with van der Waals surface area (Å²) in [6.07, 6.45) is 4.10. The first-order chi connectivity index (χ1) is 7.28. The minimum Gasteiger partial charge on any atom is -0.477 e. The number of carboxylic acid groups (broad SMARTS) is 1. The maximum absolute atomic E-state index is 10.9. The molecule has 0 aliphatic carbocycles. The standard InChI is InChI=1S/C11H21N3O2/c1-9-6-7-14(5,8-10(15)16)11(12(2)3)13(9)4/h6-7,9,11H,8H2,1-5H3/p+1.